The van der Waals surface area contributed by atoms with Crippen molar-refractivity contribution < 1.29 is 9.59 Å². The fourth-order valence-corrected chi connectivity index (χ4v) is 4.97. The first kappa shape index (κ1) is 22.2. The van der Waals surface area contributed by atoms with Crippen molar-refractivity contribution >= 4 is 40.5 Å². The number of aromatic nitrogens is 3. The molecule has 0 fully saturated rings. The molecule has 0 saturated heterocycles. The number of Topliss-reactive ketones (excluding diaryl/α,β-unsaturated/α-hetero) is 1. The zero-order chi connectivity index (χ0) is 21.7. The molecule has 158 valence electrons. The van der Waals surface area contributed by atoms with Crippen molar-refractivity contribution in [2.45, 2.75) is 52.2 Å². The van der Waals surface area contributed by atoms with Gasteiger partial charge in [-0.15, -0.1) is 21.5 Å². The Kier molecular flexibility index (Phi) is 7.44. The maximum atomic E-state index is 12.4. The summed E-state index contributed by atoms with van der Waals surface area (Å²) >= 11 is 3.11. The Hall–Kier alpha value is -2.45. The van der Waals surface area contributed by atoms with Gasteiger partial charge in [0.05, 0.1) is 5.75 Å². The zero-order valence-corrected chi connectivity index (χ0v) is 19.3. The van der Waals surface area contributed by atoms with Gasteiger partial charge in [-0.1, -0.05) is 37.7 Å². The van der Waals surface area contributed by atoms with Gasteiger partial charge in [-0.05, 0) is 44.4 Å². The molecule has 2 aromatic heterocycles. The Bertz CT molecular complexity index is 1060. The van der Waals surface area contributed by atoms with E-state index in [-0.39, 0.29) is 17.4 Å². The smallest absolute Gasteiger partial charge is 0.234 e. The molecule has 0 aliphatic heterocycles. The van der Waals surface area contributed by atoms with Gasteiger partial charge in [0.15, 0.2) is 16.8 Å². The van der Waals surface area contributed by atoms with E-state index in [1.54, 1.807) is 35.6 Å². The highest BCUT2D eigenvalue weighted by atomic mass is 32.2. The van der Waals surface area contributed by atoms with Crippen LogP contribution >= 0.6 is 23.1 Å². The van der Waals surface area contributed by atoms with E-state index in [4.69, 9.17) is 0 Å². The molecular formula is C22H26N4O2S2. The molecule has 0 atom stereocenters. The van der Waals surface area contributed by atoms with Gasteiger partial charge in [0, 0.05) is 33.6 Å². The fraction of sp³-hybridized carbons (Fsp3) is 0.364. The first-order chi connectivity index (χ1) is 14.4. The number of carbonyl (C=O) groups excluding carboxylic acids is 2. The Morgan fingerprint density at radius 2 is 2.03 bits per heavy atom. The second-order valence-corrected chi connectivity index (χ2v) is 9.00. The summed E-state index contributed by atoms with van der Waals surface area (Å²) in [5.74, 6) is 0.912. The molecule has 3 rings (SSSR count). The van der Waals surface area contributed by atoms with E-state index in [0.29, 0.717) is 11.3 Å². The lowest BCUT2D eigenvalue weighted by Crippen LogP contribution is -2.15. The molecule has 0 bridgehead atoms. The lowest BCUT2D eigenvalue weighted by atomic mass is 10.1. The molecule has 6 nitrogen and oxygen atoms in total. The number of hydrogen-bond acceptors (Lipinski definition) is 6. The van der Waals surface area contributed by atoms with E-state index < -0.39 is 0 Å². The van der Waals surface area contributed by atoms with E-state index in [1.807, 2.05) is 0 Å². The van der Waals surface area contributed by atoms with Crippen molar-refractivity contribution in [3.8, 4) is 11.4 Å². The summed E-state index contributed by atoms with van der Waals surface area (Å²) < 4.78 is 2.11. The van der Waals surface area contributed by atoms with Crippen LogP contribution in [0.15, 0.2) is 34.8 Å². The summed E-state index contributed by atoms with van der Waals surface area (Å²) in [4.78, 5) is 25.3. The molecule has 0 radical (unpaired) electrons. The highest BCUT2D eigenvalue weighted by molar-refractivity contribution is 7.99. The Labute approximate surface area is 185 Å². The number of aryl methyl sites for hydroxylation is 1. The minimum Gasteiger partial charge on any atom is -0.325 e. The monoisotopic (exact) mass is 442 g/mol. The third kappa shape index (κ3) is 4.99. The highest BCUT2D eigenvalue weighted by Crippen LogP contribution is 2.32. The molecule has 3 aromatic rings. The van der Waals surface area contributed by atoms with Crippen molar-refractivity contribution in [3.63, 3.8) is 0 Å². The van der Waals surface area contributed by atoms with Crippen molar-refractivity contribution in [2.75, 3.05) is 11.1 Å². The molecule has 1 N–H and O–H groups in total. The van der Waals surface area contributed by atoms with E-state index in [2.05, 4.69) is 46.2 Å². The summed E-state index contributed by atoms with van der Waals surface area (Å²) in [5, 5.41) is 14.6. The van der Waals surface area contributed by atoms with Crippen molar-refractivity contribution in [3.05, 3.63) is 45.6 Å². The summed E-state index contributed by atoms with van der Waals surface area (Å²) in [5.41, 5.74) is 3.64. The van der Waals surface area contributed by atoms with Crippen LogP contribution in [0.25, 0.3) is 11.4 Å². The minimum atomic E-state index is -0.145. The van der Waals surface area contributed by atoms with Gasteiger partial charge in [-0.3, -0.25) is 9.59 Å². The first-order valence-electron chi connectivity index (χ1n) is 9.98. The molecular weight excluding hydrogens is 416 g/mol. The standard InChI is InChI=1S/C22H26N4O2S2/c1-5-10-26-21(19-12-29-15(4)18(19)6-2)24-25-22(26)30-13-20(28)23-17-9-7-8-16(11-17)14(3)27/h7-9,11-12H,5-6,10,13H2,1-4H3,(H,23,28). The third-order valence-corrected chi connectivity index (χ3v) is 6.67. The molecule has 8 heteroatoms. The number of amides is 1. The number of ketones is 1. The van der Waals surface area contributed by atoms with Gasteiger partial charge >= 0.3 is 0 Å². The summed E-state index contributed by atoms with van der Waals surface area (Å²) in [6, 6.07) is 6.96. The van der Waals surface area contributed by atoms with E-state index >= 15 is 0 Å². The lowest BCUT2D eigenvalue weighted by Gasteiger charge is -2.10. The summed E-state index contributed by atoms with van der Waals surface area (Å²) in [6.07, 6.45) is 1.90. The average molecular weight is 443 g/mol. The van der Waals surface area contributed by atoms with Gasteiger partial charge in [0.1, 0.15) is 0 Å². The molecule has 0 spiro atoms. The molecule has 1 amide bonds. The molecule has 1 aromatic carbocycles. The van der Waals surface area contributed by atoms with E-state index in [0.717, 1.165) is 35.9 Å². The van der Waals surface area contributed by atoms with Crippen molar-refractivity contribution in [1.82, 2.24) is 14.8 Å². The maximum Gasteiger partial charge on any atom is 0.234 e. The Balaban J connectivity index is 1.74. The number of anilines is 1. The predicted octanol–water partition coefficient (Wildman–Crippen LogP) is 5.22. The molecule has 30 heavy (non-hydrogen) atoms. The average Bonchev–Trinajstić information content (AvgIpc) is 3.29. The zero-order valence-electron chi connectivity index (χ0n) is 17.7. The van der Waals surface area contributed by atoms with Crippen LogP contribution in [0.2, 0.25) is 0 Å². The fourth-order valence-electron chi connectivity index (χ4n) is 3.27. The largest absolute Gasteiger partial charge is 0.325 e. The number of rotatable bonds is 9. The lowest BCUT2D eigenvalue weighted by molar-refractivity contribution is -0.113. The second kappa shape index (κ2) is 10.0. The van der Waals surface area contributed by atoms with Gasteiger partial charge in [0.2, 0.25) is 5.91 Å². The van der Waals surface area contributed by atoms with Gasteiger partial charge < -0.3 is 9.88 Å². The Morgan fingerprint density at radius 1 is 1.23 bits per heavy atom. The van der Waals surface area contributed by atoms with Crippen molar-refractivity contribution in [2.24, 2.45) is 0 Å². The molecule has 0 aliphatic rings. The van der Waals surface area contributed by atoms with Crippen LogP contribution < -0.4 is 5.32 Å². The first-order valence-corrected chi connectivity index (χ1v) is 11.8. The number of thioether (sulfide) groups is 1. The van der Waals surface area contributed by atoms with Gasteiger partial charge in [-0.2, -0.15) is 0 Å². The van der Waals surface area contributed by atoms with Crippen LogP contribution in [0.3, 0.4) is 0 Å². The van der Waals surface area contributed by atoms with Crippen molar-refractivity contribution in [1.29, 1.82) is 0 Å². The SMILES string of the molecule is CCCn1c(SCC(=O)Nc2cccc(C(C)=O)c2)nnc1-c1csc(C)c1CC. The number of hydrogen-bond donors (Lipinski definition) is 1. The number of benzene rings is 1. The quantitative estimate of drug-likeness (QED) is 0.363. The van der Waals surface area contributed by atoms with Gasteiger partial charge in [0.25, 0.3) is 0 Å². The predicted molar refractivity (Wildman–Crippen MR) is 124 cm³/mol. The summed E-state index contributed by atoms with van der Waals surface area (Å²) in [7, 11) is 0. The number of thiophene rings is 1. The Morgan fingerprint density at radius 3 is 2.73 bits per heavy atom. The van der Waals surface area contributed by atoms with Gasteiger partial charge in [-0.25, -0.2) is 0 Å². The topological polar surface area (TPSA) is 76.9 Å². The third-order valence-electron chi connectivity index (χ3n) is 4.75. The van der Waals surface area contributed by atoms with Crippen LogP contribution in [0, 0.1) is 6.92 Å². The van der Waals surface area contributed by atoms with Crippen LogP contribution in [0.5, 0.6) is 0 Å². The number of nitrogens with one attached hydrogen (secondary N) is 1. The normalized spacial score (nSPS) is 10.9. The molecule has 0 unspecified atom stereocenters. The van der Waals surface area contributed by atoms with Crippen LogP contribution in [-0.4, -0.2) is 32.2 Å². The molecule has 0 aliphatic carbocycles. The highest BCUT2D eigenvalue weighted by Gasteiger charge is 2.19. The molecule has 0 saturated carbocycles. The molecule has 2 heterocycles. The van der Waals surface area contributed by atoms with Crippen LogP contribution in [-0.2, 0) is 17.8 Å². The maximum absolute atomic E-state index is 12.4. The van der Waals surface area contributed by atoms with E-state index in [1.165, 1.54) is 29.1 Å². The van der Waals surface area contributed by atoms with E-state index in [9.17, 15) is 9.59 Å². The number of carbonyl (C=O) groups is 2. The van der Waals surface area contributed by atoms with Crippen LogP contribution in [0.4, 0.5) is 5.69 Å². The number of nitrogens with zero attached hydrogens (tertiary/aromatic N) is 3. The second-order valence-electron chi connectivity index (χ2n) is 6.97. The van der Waals surface area contributed by atoms with Crippen LogP contribution in [0.1, 0.15) is 48.0 Å². The summed E-state index contributed by atoms with van der Waals surface area (Å²) in [6.45, 7) is 8.71. The minimum absolute atomic E-state index is 0.0317.